The van der Waals surface area contributed by atoms with Crippen molar-refractivity contribution in [1.82, 2.24) is 19.9 Å². The molecule has 4 heterocycles. The molecule has 4 aromatic rings. The van der Waals surface area contributed by atoms with Gasteiger partial charge in [0.25, 0.3) is 5.91 Å². The van der Waals surface area contributed by atoms with Gasteiger partial charge in [0.05, 0.1) is 17.4 Å². The Kier molecular flexibility index (Phi) is 4.83. The van der Waals surface area contributed by atoms with E-state index in [2.05, 4.69) is 15.0 Å². The van der Waals surface area contributed by atoms with E-state index in [-0.39, 0.29) is 29.7 Å². The van der Waals surface area contributed by atoms with Crippen LogP contribution in [0.25, 0.3) is 11.0 Å². The van der Waals surface area contributed by atoms with Gasteiger partial charge < -0.3 is 23.8 Å². The number of nitrogens with zero attached hydrogens (tertiary/aromatic N) is 3. The van der Waals surface area contributed by atoms with Crippen molar-refractivity contribution >= 4 is 16.9 Å². The number of furan rings is 1. The van der Waals surface area contributed by atoms with Gasteiger partial charge in [0.15, 0.2) is 5.69 Å². The van der Waals surface area contributed by atoms with E-state index in [1.807, 2.05) is 0 Å². The summed E-state index contributed by atoms with van der Waals surface area (Å²) in [4.78, 5) is 25.1. The van der Waals surface area contributed by atoms with Crippen LogP contribution in [0, 0.1) is 5.82 Å². The maximum absolute atomic E-state index is 14.3. The summed E-state index contributed by atoms with van der Waals surface area (Å²) < 4.78 is 66.4. The van der Waals surface area contributed by atoms with Crippen LogP contribution in [0.3, 0.4) is 0 Å². The number of aromatic nitrogens is 3. The van der Waals surface area contributed by atoms with E-state index >= 15 is 0 Å². The lowest BCUT2D eigenvalue weighted by atomic mass is 9.99. The SMILES string of the molecule is CC(C)(O)c1nc(C(F)(F)F)c(C(=O)N2CCc3[nH]cnc3[C@H]2c2cc3c(F)cccc3o2)o1. The summed E-state index contributed by atoms with van der Waals surface area (Å²) in [7, 11) is 0. The number of carbonyl (C=O) groups is 1. The lowest BCUT2D eigenvalue weighted by molar-refractivity contribution is -0.141. The van der Waals surface area contributed by atoms with Crippen LogP contribution in [0.2, 0.25) is 0 Å². The smallest absolute Gasteiger partial charge is 0.437 e. The van der Waals surface area contributed by atoms with E-state index in [4.69, 9.17) is 8.83 Å². The molecule has 1 aliphatic heterocycles. The van der Waals surface area contributed by atoms with E-state index in [0.29, 0.717) is 11.4 Å². The minimum Gasteiger partial charge on any atom is -0.458 e. The Morgan fingerprint density at radius 2 is 2.03 bits per heavy atom. The van der Waals surface area contributed by atoms with E-state index in [0.717, 1.165) is 4.90 Å². The highest BCUT2D eigenvalue weighted by Crippen LogP contribution is 2.40. The van der Waals surface area contributed by atoms with Crippen LogP contribution in [0.15, 0.2) is 39.4 Å². The average molecular weight is 478 g/mol. The average Bonchev–Trinajstić information content (AvgIpc) is 3.48. The van der Waals surface area contributed by atoms with Gasteiger partial charge >= 0.3 is 6.18 Å². The lowest BCUT2D eigenvalue weighted by Gasteiger charge is -2.33. The summed E-state index contributed by atoms with van der Waals surface area (Å²) in [5.74, 6) is -3.25. The van der Waals surface area contributed by atoms with E-state index in [1.54, 1.807) is 0 Å². The third-order valence-corrected chi connectivity index (χ3v) is 5.60. The van der Waals surface area contributed by atoms with Gasteiger partial charge in [-0.15, -0.1) is 0 Å². The molecule has 12 heteroatoms. The van der Waals surface area contributed by atoms with Crippen molar-refractivity contribution in [3.63, 3.8) is 0 Å². The van der Waals surface area contributed by atoms with Crippen molar-refractivity contribution in [3.8, 4) is 0 Å². The molecular weight excluding hydrogens is 460 g/mol. The topological polar surface area (TPSA) is 108 Å². The first-order valence-electron chi connectivity index (χ1n) is 10.3. The van der Waals surface area contributed by atoms with Crippen LogP contribution in [0.5, 0.6) is 0 Å². The molecule has 0 fully saturated rings. The number of fused-ring (bicyclic) bond motifs is 2. The number of amides is 1. The van der Waals surface area contributed by atoms with Crippen molar-refractivity contribution in [2.75, 3.05) is 6.54 Å². The summed E-state index contributed by atoms with van der Waals surface area (Å²) in [5.41, 5.74) is -2.16. The fraction of sp³-hybridized carbons (Fsp3) is 0.318. The number of hydrogen-bond donors (Lipinski definition) is 2. The number of halogens is 4. The maximum Gasteiger partial charge on any atom is 0.437 e. The lowest BCUT2D eigenvalue weighted by Crippen LogP contribution is -2.41. The quantitative estimate of drug-likeness (QED) is 0.425. The Labute approximate surface area is 189 Å². The molecule has 0 aliphatic carbocycles. The van der Waals surface area contributed by atoms with Crippen molar-refractivity contribution in [2.45, 2.75) is 38.1 Å². The Morgan fingerprint density at radius 1 is 1.26 bits per heavy atom. The molecule has 2 N–H and O–H groups in total. The van der Waals surface area contributed by atoms with Gasteiger partial charge in [-0.2, -0.15) is 13.2 Å². The molecular formula is C22H18F4N4O4. The minimum absolute atomic E-state index is 0.00588. The van der Waals surface area contributed by atoms with Gasteiger partial charge in [0.2, 0.25) is 11.7 Å². The van der Waals surface area contributed by atoms with E-state index in [9.17, 15) is 27.5 Å². The zero-order valence-corrected chi connectivity index (χ0v) is 17.9. The summed E-state index contributed by atoms with van der Waals surface area (Å²) >= 11 is 0. The van der Waals surface area contributed by atoms with E-state index < -0.39 is 46.9 Å². The molecule has 0 radical (unpaired) electrons. The zero-order valence-electron chi connectivity index (χ0n) is 17.9. The summed E-state index contributed by atoms with van der Waals surface area (Å²) in [6.07, 6.45) is -3.33. The van der Waals surface area contributed by atoms with Crippen molar-refractivity contribution in [3.05, 3.63) is 70.9 Å². The number of benzene rings is 1. The fourth-order valence-electron chi connectivity index (χ4n) is 4.01. The second-order valence-electron chi connectivity index (χ2n) is 8.47. The second kappa shape index (κ2) is 7.42. The van der Waals surface area contributed by atoms with Gasteiger partial charge in [0, 0.05) is 18.7 Å². The number of alkyl halides is 3. The normalized spacial score (nSPS) is 16.8. The third kappa shape index (κ3) is 3.54. The van der Waals surface area contributed by atoms with Crippen LogP contribution in [-0.2, 0) is 18.2 Å². The van der Waals surface area contributed by atoms with Crippen molar-refractivity contribution < 1.29 is 36.3 Å². The number of oxazole rings is 1. The molecule has 0 saturated carbocycles. The molecule has 0 unspecified atom stereocenters. The minimum atomic E-state index is -5.01. The fourth-order valence-corrected chi connectivity index (χ4v) is 4.01. The highest BCUT2D eigenvalue weighted by Gasteiger charge is 2.46. The Hall–Kier alpha value is -3.67. The zero-order chi connectivity index (χ0) is 24.4. The predicted octanol–water partition coefficient (Wildman–Crippen LogP) is 4.32. The van der Waals surface area contributed by atoms with Crippen molar-refractivity contribution in [2.24, 2.45) is 0 Å². The van der Waals surface area contributed by atoms with Crippen LogP contribution < -0.4 is 0 Å². The van der Waals surface area contributed by atoms with Gasteiger partial charge in [-0.25, -0.2) is 14.4 Å². The first kappa shape index (κ1) is 22.1. The van der Waals surface area contributed by atoms with Crippen LogP contribution >= 0.6 is 0 Å². The first-order chi connectivity index (χ1) is 15.9. The predicted molar refractivity (Wildman–Crippen MR) is 108 cm³/mol. The van der Waals surface area contributed by atoms with Crippen LogP contribution in [-0.4, -0.2) is 37.4 Å². The van der Waals surface area contributed by atoms with Crippen LogP contribution in [0.4, 0.5) is 17.6 Å². The number of nitrogens with one attached hydrogen (secondary N) is 1. The molecule has 1 atom stereocenters. The van der Waals surface area contributed by atoms with Gasteiger partial charge in [0.1, 0.15) is 28.8 Å². The number of carbonyl (C=O) groups excluding carboxylic acids is 1. The largest absolute Gasteiger partial charge is 0.458 e. The molecule has 0 spiro atoms. The molecule has 0 bridgehead atoms. The summed E-state index contributed by atoms with van der Waals surface area (Å²) in [5, 5.41) is 10.3. The number of H-pyrrole nitrogens is 1. The molecule has 1 amide bonds. The van der Waals surface area contributed by atoms with Crippen molar-refractivity contribution in [1.29, 1.82) is 0 Å². The number of hydrogen-bond acceptors (Lipinski definition) is 6. The van der Waals surface area contributed by atoms with E-state index in [1.165, 1.54) is 44.4 Å². The number of aliphatic hydroxyl groups is 1. The van der Waals surface area contributed by atoms with Crippen LogP contribution in [0.1, 0.15) is 59.2 Å². The molecule has 3 aromatic heterocycles. The molecule has 1 aromatic carbocycles. The molecule has 8 nitrogen and oxygen atoms in total. The highest BCUT2D eigenvalue weighted by molar-refractivity contribution is 5.93. The summed E-state index contributed by atoms with van der Waals surface area (Å²) in [6.45, 7) is 2.37. The second-order valence-corrected chi connectivity index (χ2v) is 8.47. The first-order valence-corrected chi connectivity index (χ1v) is 10.3. The molecule has 178 valence electrons. The monoisotopic (exact) mass is 478 g/mol. The molecule has 1 aliphatic rings. The molecule has 0 saturated heterocycles. The van der Waals surface area contributed by atoms with Gasteiger partial charge in [-0.05, 0) is 32.0 Å². The van der Waals surface area contributed by atoms with Gasteiger partial charge in [-0.3, -0.25) is 4.79 Å². The molecule has 34 heavy (non-hydrogen) atoms. The standard InChI is InChI=1S/C22H18F4N4O4/c1-21(2,32)20-29-18(22(24,25)26)17(34-20)19(31)30-7-6-12-15(28-9-27-12)16(30)14-8-10-11(23)4-3-5-13(10)33-14/h3-5,8-9,16,32H,6-7H2,1-2H3,(H,27,28)/t16-/m1/s1. The molecule has 5 rings (SSSR count). The maximum atomic E-state index is 14.3. The Morgan fingerprint density at radius 3 is 2.71 bits per heavy atom. The Bertz CT molecular complexity index is 1400. The Balaban J connectivity index is 1.65. The highest BCUT2D eigenvalue weighted by atomic mass is 19.4. The van der Waals surface area contributed by atoms with Gasteiger partial charge in [-0.1, -0.05) is 6.07 Å². The number of rotatable bonds is 3. The third-order valence-electron chi connectivity index (χ3n) is 5.60. The number of aromatic amines is 1. The number of imidazole rings is 1. The summed E-state index contributed by atoms with van der Waals surface area (Å²) in [6, 6.07) is 4.58.